The first-order valence-electron chi connectivity index (χ1n) is 4.02. The Balaban J connectivity index is 2.83. The van der Waals surface area contributed by atoms with Gasteiger partial charge in [-0.05, 0) is 19.1 Å². The van der Waals surface area contributed by atoms with Gasteiger partial charge in [-0.15, -0.1) is 0 Å². The molecule has 1 rings (SSSR count). The molecule has 0 saturated heterocycles. The maximum Gasteiger partial charge on any atom is 0.202 e. The maximum absolute atomic E-state index is 11.5. The highest BCUT2D eigenvalue weighted by atomic mass is 32.2. The Labute approximate surface area is 78.3 Å². The van der Waals surface area contributed by atoms with Gasteiger partial charge in [0.15, 0.2) is 5.94 Å². The molecule has 0 amide bonds. The number of benzene rings is 1. The Morgan fingerprint density at radius 2 is 1.85 bits per heavy atom. The fraction of sp³-hybridized carbons (Fsp3) is 0.333. The monoisotopic (exact) mass is 201 g/mol. The molecule has 0 aliphatic rings. The molecule has 3 nitrogen and oxygen atoms in total. The molecule has 0 spiro atoms. The first-order valence-corrected chi connectivity index (χ1v) is 5.67. The van der Waals surface area contributed by atoms with Gasteiger partial charge in [-0.2, -0.15) is 0 Å². The molecule has 0 saturated carbocycles. The smallest absolute Gasteiger partial charge is 0.202 e. The molecule has 1 aromatic carbocycles. The molecule has 0 aromatic heterocycles. The van der Waals surface area contributed by atoms with Gasteiger partial charge in [0.05, 0.1) is 4.90 Å². The fourth-order valence-electron chi connectivity index (χ4n) is 0.889. The van der Waals surface area contributed by atoms with E-state index in [1.165, 1.54) is 0 Å². The molecule has 0 heterocycles. The summed E-state index contributed by atoms with van der Waals surface area (Å²) in [5, 5.41) is 0. The average Bonchev–Trinajstić information content (AvgIpc) is 2.16. The van der Waals surface area contributed by atoms with Crippen LogP contribution in [0.25, 0.3) is 0 Å². The first-order chi connectivity index (χ1) is 6.17. The minimum atomic E-state index is -3.24. The average molecular weight is 201 g/mol. The Morgan fingerprint density at radius 3 is 2.38 bits per heavy atom. The molecule has 0 bridgehead atoms. The lowest BCUT2D eigenvalue weighted by molar-refractivity contribution is 0.192. The van der Waals surface area contributed by atoms with Crippen molar-refractivity contribution >= 4 is 9.84 Å². The van der Waals surface area contributed by atoms with Crippen LogP contribution in [0.3, 0.4) is 0 Å². The van der Waals surface area contributed by atoms with Crippen molar-refractivity contribution in [2.24, 2.45) is 0 Å². The Morgan fingerprint density at radius 1 is 1.23 bits per heavy atom. The van der Waals surface area contributed by atoms with E-state index in [4.69, 9.17) is 4.74 Å². The quantitative estimate of drug-likeness (QED) is 0.740. The normalized spacial score (nSPS) is 11.5. The summed E-state index contributed by atoms with van der Waals surface area (Å²) >= 11 is 0. The molecule has 13 heavy (non-hydrogen) atoms. The van der Waals surface area contributed by atoms with Gasteiger partial charge in [-0.25, -0.2) is 8.42 Å². The molecule has 0 radical (unpaired) electrons. The van der Waals surface area contributed by atoms with Crippen LogP contribution in [-0.4, -0.2) is 21.0 Å². The number of ether oxygens (including phenoxy) is 1. The Bertz CT molecular complexity index is 342. The third-order valence-corrected chi connectivity index (χ3v) is 3.01. The standard InChI is InChI=1S/C9H12O3S/c1-2-12-8-13(10,11)9-6-4-3-5-7-9/h3-7H,2,8H2,1H3/i9+1. The summed E-state index contributed by atoms with van der Waals surface area (Å²) in [4.78, 5) is 0.309. The van der Waals surface area contributed by atoms with Gasteiger partial charge in [-0.3, -0.25) is 0 Å². The molecule has 0 fully saturated rings. The summed E-state index contributed by atoms with van der Waals surface area (Å²) in [7, 11) is -3.24. The highest BCUT2D eigenvalue weighted by molar-refractivity contribution is 7.91. The van der Waals surface area contributed by atoms with E-state index >= 15 is 0 Å². The minimum Gasteiger partial charge on any atom is -0.365 e. The van der Waals surface area contributed by atoms with E-state index in [-0.39, 0.29) is 5.94 Å². The van der Waals surface area contributed by atoms with E-state index in [2.05, 4.69) is 0 Å². The van der Waals surface area contributed by atoms with E-state index < -0.39 is 9.84 Å². The summed E-state index contributed by atoms with van der Waals surface area (Å²) in [5.74, 6) is -0.243. The zero-order valence-corrected chi connectivity index (χ0v) is 8.25. The van der Waals surface area contributed by atoms with E-state index in [9.17, 15) is 8.42 Å². The zero-order chi connectivity index (χ0) is 9.73. The molecule has 72 valence electrons. The molecule has 0 N–H and O–H groups in total. The Kier molecular flexibility index (Phi) is 3.45. The summed E-state index contributed by atoms with van der Waals surface area (Å²) in [5.41, 5.74) is 0. The van der Waals surface area contributed by atoms with Gasteiger partial charge in [0.2, 0.25) is 9.84 Å². The van der Waals surface area contributed by atoms with Crippen LogP contribution in [0, 0.1) is 0 Å². The third kappa shape index (κ3) is 2.82. The molecular formula is C9H12O3S. The second-order valence-corrected chi connectivity index (χ2v) is 4.48. The lowest BCUT2D eigenvalue weighted by Gasteiger charge is -2.03. The van der Waals surface area contributed by atoms with Gasteiger partial charge in [0, 0.05) is 6.61 Å². The van der Waals surface area contributed by atoms with Crippen molar-refractivity contribution < 1.29 is 13.2 Å². The van der Waals surface area contributed by atoms with Crippen molar-refractivity contribution in [3.8, 4) is 0 Å². The summed E-state index contributed by atoms with van der Waals surface area (Å²) in [6.07, 6.45) is 0. The lowest BCUT2D eigenvalue weighted by atomic mass is 10.5. The van der Waals surface area contributed by atoms with Crippen molar-refractivity contribution in [2.45, 2.75) is 11.8 Å². The van der Waals surface area contributed by atoms with Crippen molar-refractivity contribution in [3.63, 3.8) is 0 Å². The highest BCUT2D eigenvalue weighted by Crippen LogP contribution is 2.09. The first kappa shape index (κ1) is 10.2. The van der Waals surface area contributed by atoms with Gasteiger partial charge in [0.25, 0.3) is 0 Å². The number of hydrogen-bond acceptors (Lipinski definition) is 3. The predicted octanol–water partition coefficient (Wildman–Crippen LogP) is 1.45. The van der Waals surface area contributed by atoms with E-state index in [1.807, 2.05) is 0 Å². The SMILES string of the molecule is CCOCS(=O)(=O)[13c]1ccccc1. The highest BCUT2D eigenvalue weighted by Gasteiger charge is 2.12. The Hall–Kier alpha value is -0.870. The van der Waals surface area contributed by atoms with Crippen LogP contribution in [0.2, 0.25) is 0 Å². The molecule has 0 aliphatic heterocycles. The van der Waals surface area contributed by atoms with Crippen LogP contribution in [0.15, 0.2) is 35.2 Å². The van der Waals surface area contributed by atoms with Crippen molar-refractivity contribution in [3.05, 3.63) is 30.3 Å². The summed E-state index contributed by atoms with van der Waals surface area (Å²) < 4.78 is 27.8. The molecule has 0 unspecified atom stereocenters. The van der Waals surface area contributed by atoms with Crippen LogP contribution in [-0.2, 0) is 14.6 Å². The largest absolute Gasteiger partial charge is 0.365 e. The molecule has 1 aromatic rings. The number of hydrogen-bond donors (Lipinski definition) is 0. The van der Waals surface area contributed by atoms with Gasteiger partial charge in [-0.1, -0.05) is 18.2 Å². The van der Waals surface area contributed by atoms with Crippen LogP contribution >= 0.6 is 0 Å². The molecular weight excluding hydrogens is 189 g/mol. The van der Waals surface area contributed by atoms with Crippen molar-refractivity contribution in [1.29, 1.82) is 0 Å². The van der Waals surface area contributed by atoms with Gasteiger partial charge in [0.1, 0.15) is 0 Å². The van der Waals surface area contributed by atoms with Crippen LogP contribution in [0.4, 0.5) is 0 Å². The topological polar surface area (TPSA) is 43.4 Å². The third-order valence-electron chi connectivity index (χ3n) is 1.54. The van der Waals surface area contributed by atoms with Crippen molar-refractivity contribution in [1.82, 2.24) is 0 Å². The zero-order valence-electron chi connectivity index (χ0n) is 7.43. The van der Waals surface area contributed by atoms with E-state index in [0.29, 0.717) is 11.5 Å². The fourth-order valence-corrected chi connectivity index (χ4v) is 1.98. The second kappa shape index (κ2) is 4.39. The second-order valence-electron chi connectivity index (χ2n) is 2.54. The summed E-state index contributed by atoms with van der Waals surface area (Å²) in [6, 6.07) is 8.29. The summed E-state index contributed by atoms with van der Waals surface area (Å²) in [6.45, 7) is 2.17. The number of rotatable bonds is 4. The predicted molar refractivity (Wildman–Crippen MR) is 50.1 cm³/mol. The van der Waals surface area contributed by atoms with Gasteiger partial charge >= 0.3 is 0 Å². The number of sulfone groups is 1. The molecule has 0 atom stereocenters. The van der Waals surface area contributed by atoms with E-state index in [0.717, 1.165) is 0 Å². The van der Waals surface area contributed by atoms with Gasteiger partial charge < -0.3 is 4.74 Å². The lowest BCUT2D eigenvalue weighted by Crippen LogP contribution is -2.09. The van der Waals surface area contributed by atoms with Crippen LogP contribution in [0.5, 0.6) is 0 Å². The molecule has 4 heteroatoms. The minimum absolute atomic E-state index is 0.243. The van der Waals surface area contributed by atoms with Crippen LogP contribution in [0.1, 0.15) is 6.92 Å². The van der Waals surface area contributed by atoms with Crippen molar-refractivity contribution in [2.75, 3.05) is 12.5 Å². The van der Waals surface area contributed by atoms with E-state index in [1.54, 1.807) is 37.3 Å². The van der Waals surface area contributed by atoms with Crippen LogP contribution < -0.4 is 0 Å². The maximum atomic E-state index is 11.5. The molecule has 0 aliphatic carbocycles.